The van der Waals surface area contributed by atoms with Gasteiger partial charge in [-0.25, -0.2) is 4.79 Å². The molecule has 1 aliphatic rings. The SMILES string of the molecule is COc1cc(Cl)c2c(c1)C(N)CCN(C(=O)OC(C)(C)C)C2. The zero-order valence-corrected chi connectivity index (χ0v) is 14.2. The Hall–Kier alpha value is -1.46. The maximum Gasteiger partial charge on any atom is 0.410 e. The molecule has 6 heteroatoms. The van der Waals surface area contributed by atoms with Crippen molar-refractivity contribution in [1.82, 2.24) is 4.90 Å². The molecule has 0 spiro atoms. The third-order valence-corrected chi connectivity index (χ3v) is 3.89. The second-order valence-electron chi connectivity index (χ2n) is 6.47. The molecular weight excluding hydrogens is 304 g/mol. The van der Waals surface area contributed by atoms with Crippen molar-refractivity contribution >= 4 is 17.7 Å². The predicted molar refractivity (Wildman–Crippen MR) is 86.2 cm³/mol. The lowest BCUT2D eigenvalue weighted by Gasteiger charge is -2.26. The Morgan fingerprint density at radius 1 is 1.41 bits per heavy atom. The van der Waals surface area contributed by atoms with Gasteiger partial charge in [0.2, 0.25) is 0 Å². The van der Waals surface area contributed by atoms with Crippen molar-refractivity contribution in [3.05, 3.63) is 28.3 Å². The molecule has 0 saturated heterocycles. The lowest BCUT2D eigenvalue weighted by atomic mass is 9.99. The topological polar surface area (TPSA) is 64.8 Å². The van der Waals surface area contributed by atoms with E-state index >= 15 is 0 Å². The largest absolute Gasteiger partial charge is 0.497 e. The van der Waals surface area contributed by atoms with Crippen LogP contribution in [-0.2, 0) is 11.3 Å². The Morgan fingerprint density at radius 3 is 2.68 bits per heavy atom. The molecular formula is C16H23ClN2O3. The van der Waals surface area contributed by atoms with E-state index in [9.17, 15) is 4.79 Å². The maximum absolute atomic E-state index is 12.3. The van der Waals surface area contributed by atoms with Crippen molar-refractivity contribution in [2.45, 2.75) is 45.4 Å². The van der Waals surface area contributed by atoms with Crippen LogP contribution in [0.4, 0.5) is 4.79 Å². The normalized spacial score (nSPS) is 18.5. The summed E-state index contributed by atoms with van der Waals surface area (Å²) >= 11 is 6.35. The highest BCUT2D eigenvalue weighted by Gasteiger charge is 2.28. The number of carbonyl (C=O) groups is 1. The number of nitrogens with zero attached hydrogens (tertiary/aromatic N) is 1. The lowest BCUT2D eigenvalue weighted by Crippen LogP contribution is -2.36. The molecule has 1 heterocycles. The first-order valence-electron chi connectivity index (χ1n) is 7.31. The molecule has 0 saturated carbocycles. The molecule has 0 aromatic heterocycles. The summed E-state index contributed by atoms with van der Waals surface area (Å²) < 4.78 is 10.7. The van der Waals surface area contributed by atoms with Crippen LogP contribution in [0.1, 0.15) is 44.4 Å². The average Bonchev–Trinajstić information content (AvgIpc) is 2.57. The minimum atomic E-state index is -0.530. The predicted octanol–water partition coefficient (Wildman–Crippen LogP) is 3.49. The number of amides is 1. The summed E-state index contributed by atoms with van der Waals surface area (Å²) in [6.07, 6.45) is 0.301. The van der Waals surface area contributed by atoms with E-state index in [0.29, 0.717) is 30.3 Å². The standard InChI is InChI=1S/C16H23ClN2O3/c1-16(2,3)22-15(20)19-6-5-14(18)11-7-10(21-4)8-13(17)12(11)9-19/h7-8,14H,5-6,9,18H2,1-4H3. The summed E-state index contributed by atoms with van der Waals surface area (Å²) in [7, 11) is 1.59. The second-order valence-corrected chi connectivity index (χ2v) is 6.88. The van der Waals surface area contributed by atoms with Gasteiger partial charge in [-0.15, -0.1) is 0 Å². The fraction of sp³-hybridized carbons (Fsp3) is 0.562. The number of hydrogen-bond donors (Lipinski definition) is 1. The first-order chi connectivity index (χ1) is 10.2. The van der Waals surface area contributed by atoms with Gasteiger partial charge in [-0.3, -0.25) is 0 Å². The molecule has 1 aromatic carbocycles. The van der Waals surface area contributed by atoms with Gasteiger partial charge in [0.15, 0.2) is 0 Å². The lowest BCUT2D eigenvalue weighted by molar-refractivity contribution is 0.0235. The van der Waals surface area contributed by atoms with Crippen molar-refractivity contribution in [2.24, 2.45) is 5.73 Å². The van der Waals surface area contributed by atoms with Crippen molar-refractivity contribution in [1.29, 1.82) is 0 Å². The van der Waals surface area contributed by atoms with Gasteiger partial charge >= 0.3 is 6.09 Å². The molecule has 1 amide bonds. The van der Waals surface area contributed by atoms with Crippen LogP contribution in [0, 0.1) is 0 Å². The van der Waals surface area contributed by atoms with Crippen molar-refractivity contribution < 1.29 is 14.3 Å². The molecule has 0 radical (unpaired) electrons. The van der Waals surface area contributed by atoms with E-state index in [4.69, 9.17) is 26.8 Å². The van der Waals surface area contributed by atoms with Crippen molar-refractivity contribution in [3.8, 4) is 5.75 Å². The van der Waals surface area contributed by atoms with Gasteiger partial charge in [0.25, 0.3) is 0 Å². The number of rotatable bonds is 1. The summed E-state index contributed by atoms with van der Waals surface area (Å²) in [4.78, 5) is 14.0. The molecule has 1 atom stereocenters. The van der Waals surface area contributed by atoms with E-state index in [1.165, 1.54) is 0 Å². The highest BCUT2D eigenvalue weighted by molar-refractivity contribution is 6.31. The van der Waals surface area contributed by atoms with Gasteiger partial charge in [-0.2, -0.15) is 0 Å². The molecule has 2 N–H and O–H groups in total. The van der Waals surface area contributed by atoms with E-state index in [2.05, 4.69) is 0 Å². The number of carbonyl (C=O) groups excluding carboxylic acids is 1. The number of halogens is 1. The van der Waals surface area contributed by atoms with Gasteiger partial charge in [-0.05, 0) is 50.5 Å². The molecule has 5 nitrogen and oxygen atoms in total. The number of nitrogens with two attached hydrogens (primary N) is 1. The van der Waals surface area contributed by atoms with Gasteiger partial charge in [0.05, 0.1) is 13.7 Å². The molecule has 2 rings (SSSR count). The third-order valence-electron chi connectivity index (χ3n) is 3.55. The summed E-state index contributed by atoms with van der Waals surface area (Å²) in [6, 6.07) is 3.45. The first kappa shape index (κ1) is 16.9. The Bertz CT molecular complexity index is 569. The molecule has 1 aromatic rings. The van der Waals surface area contributed by atoms with Gasteiger partial charge < -0.3 is 20.1 Å². The van der Waals surface area contributed by atoms with E-state index in [1.54, 1.807) is 18.1 Å². The van der Waals surface area contributed by atoms with Gasteiger partial charge in [0, 0.05) is 17.6 Å². The van der Waals surface area contributed by atoms with Crippen LogP contribution >= 0.6 is 11.6 Å². The molecule has 1 unspecified atom stereocenters. The van der Waals surface area contributed by atoms with E-state index in [0.717, 1.165) is 11.1 Å². The minimum absolute atomic E-state index is 0.185. The second kappa shape index (κ2) is 6.34. The maximum atomic E-state index is 12.3. The zero-order chi connectivity index (χ0) is 16.5. The van der Waals surface area contributed by atoms with Crippen LogP contribution in [0.3, 0.4) is 0 Å². The number of hydrogen-bond acceptors (Lipinski definition) is 4. The number of methoxy groups -OCH3 is 1. The van der Waals surface area contributed by atoms with E-state index < -0.39 is 5.60 Å². The molecule has 122 valence electrons. The summed E-state index contributed by atoms with van der Waals surface area (Å²) in [5.74, 6) is 0.671. The van der Waals surface area contributed by atoms with Gasteiger partial charge in [-0.1, -0.05) is 11.6 Å². The number of ether oxygens (including phenoxy) is 2. The summed E-state index contributed by atoms with van der Waals surface area (Å²) in [5, 5.41) is 0.556. The van der Waals surface area contributed by atoms with E-state index in [1.807, 2.05) is 26.8 Å². The molecule has 0 fully saturated rings. The average molecular weight is 327 g/mol. The molecule has 1 aliphatic heterocycles. The quantitative estimate of drug-likeness (QED) is 0.858. The van der Waals surface area contributed by atoms with E-state index in [-0.39, 0.29) is 12.1 Å². The summed E-state index contributed by atoms with van der Waals surface area (Å²) in [5.41, 5.74) is 7.49. The fourth-order valence-electron chi connectivity index (χ4n) is 2.45. The summed E-state index contributed by atoms with van der Waals surface area (Å²) in [6.45, 7) is 6.46. The zero-order valence-electron chi connectivity index (χ0n) is 13.5. The monoisotopic (exact) mass is 326 g/mol. The Morgan fingerprint density at radius 2 is 2.09 bits per heavy atom. The van der Waals surface area contributed by atoms with Crippen LogP contribution in [-0.4, -0.2) is 30.2 Å². The molecule has 0 aliphatic carbocycles. The van der Waals surface area contributed by atoms with Crippen molar-refractivity contribution in [2.75, 3.05) is 13.7 Å². The Kier molecular flexibility index (Phi) is 4.87. The van der Waals surface area contributed by atoms with Crippen LogP contribution in [0.15, 0.2) is 12.1 Å². The van der Waals surface area contributed by atoms with Crippen LogP contribution < -0.4 is 10.5 Å². The van der Waals surface area contributed by atoms with Crippen LogP contribution in [0.25, 0.3) is 0 Å². The first-order valence-corrected chi connectivity index (χ1v) is 7.69. The molecule has 22 heavy (non-hydrogen) atoms. The molecule has 0 bridgehead atoms. The minimum Gasteiger partial charge on any atom is -0.497 e. The third kappa shape index (κ3) is 3.84. The fourth-order valence-corrected chi connectivity index (χ4v) is 2.73. The smallest absolute Gasteiger partial charge is 0.410 e. The van der Waals surface area contributed by atoms with Crippen molar-refractivity contribution in [3.63, 3.8) is 0 Å². The van der Waals surface area contributed by atoms with Crippen LogP contribution in [0.5, 0.6) is 5.75 Å². The Balaban J connectivity index is 2.30. The number of fused-ring (bicyclic) bond motifs is 1. The Labute approximate surface area is 136 Å². The number of benzene rings is 1. The highest BCUT2D eigenvalue weighted by Crippen LogP contribution is 2.34. The van der Waals surface area contributed by atoms with Crippen LogP contribution in [0.2, 0.25) is 5.02 Å². The van der Waals surface area contributed by atoms with Gasteiger partial charge in [0.1, 0.15) is 11.4 Å². The highest BCUT2D eigenvalue weighted by atomic mass is 35.5.